The number of anilines is 1. The standard InChI is InChI=1S/C22H32N4O2.HI/c1-3-23-21(26-18-13-19(28-4-2)22(18)10-7-11-22)24-14-15-12-20(27)25-17-9-6-5-8-16(15)17;/h5-6,8-9,15,18-19H,3-4,7,10-14H2,1-2H3,(H,25,27)(H2,23,24,26);1H. The number of para-hydroxylation sites is 1. The molecule has 2 fully saturated rings. The number of nitrogens with one attached hydrogen (secondary N) is 3. The molecule has 6 nitrogen and oxygen atoms in total. The highest BCUT2D eigenvalue weighted by molar-refractivity contribution is 14.0. The quantitative estimate of drug-likeness (QED) is 0.309. The fourth-order valence-electron chi connectivity index (χ4n) is 4.99. The molecule has 0 aromatic heterocycles. The van der Waals surface area contributed by atoms with Crippen molar-refractivity contribution in [1.29, 1.82) is 0 Å². The van der Waals surface area contributed by atoms with E-state index in [2.05, 4.69) is 35.9 Å². The highest BCUT2D eigenvalue weighted by Crippen LogP contribution is 2.57. The van der Waals surface area contributed by atoms with E-state index in [4.69, 9.17) is 9.73 Å². The smallest absolute Gasteiger partial charge is 0.225 e. The number of ether oxygens (including phenoxy) is 1. The molecule has 160 valence electrons. The SMILES string of the molecule is CCNC(=NCC1CC(=O)Nc2ccccc21)NC1CC(OCC)C12CCC2.I. The second-order valence-corrected chi connectivity index (χ2v) is 8.22. The van der Waals surface area contributed by atoms with Crippen LogP contribution in [-0.2, 0) is 9.53 Å². The predicted molar refractivity (Wildman–Crippen MR) is 127 cm³/mol. The van der Waals surface area contributed by atoms with Gasteiger partial charge in [0.05, 0.1) is 12.6 Å². The van der Waals surface area contributed by atoms with Crippen LogP contribution in [0.3, 0.4) is 0 Å². The monoisotopic (exact) mass is 512 g/mol. The average molecular weight is 512 g/mol. The lowest BCUT2D eigenvalue weighted by molar-refractivity contribution is -0.168. The van der Waals surface area contributed by atoms with Gasteiger partial charge in [-0.05, 0) is 44.7 Å². The summed E-state index contributed by atoms with van der Waals surface area (Å²) in [7, 11) is 0. The number of nitrogens with zero attached hydrogens (tertiary/aromatic N) is 1. The lowest BCUT2D eigenvalue weighted by Crippen LogP contribution is -2.68. The number of halogens is 1. The van der Waals surface area contributed by atoms with E-state index >= 15 is 0 Å². The largest absolute Gasteiger partial charge is 0.378 e. The maximum Gasteiger partial charge on any atom is 0.225 e. The third-order valence-electron chi connectivity index (χ3n) is 6.67. The van der Waals surface area contributed by atoms with Gasteiger partial charge in [0, 0.05) is 42.6 Å². The molecule has 3 atom stereocenters. The van der Waals surface area contributed by atoms with Gasteiger partial charge in [0.25, 0.3) is 0 Å². The molecule has 0 radical (unpaired) electrons. The zero-order valence-electron chi connectivity index (χ0n) is 17.4. The first-order valence-electron chi connectivity index (χ1n) is 10.7. The van der Waals surface area contributed by atoms with Gasteiger partial charge in [0.1, 0.15) is 0 Å². The number of carbonyl (C=O) groups excluding carboxylic acids is 1. The molecule has 4 rings (SSSR count). The lowest BCUT2D eigenvalue weighted by atomic mass is 9.51. The fraction of sp³-hybridized carbons (Fsp3) is 0.636. The minimum Gasteiger partial charge on any atom is -0.378 e. The van der Waals surface area contributed by atoms with Gasteiger partial charge in [-0.25, -0.2) is 0 Å². The second-order valence-electron chi connectivity index (χ2n) is 8.22. The summed E-state index contributed by atoms with van der Waals surface area (Å²) in [6, 6.07) is 8.48. The Bertz CT molecular complexity index is 750. The van der Waals surface area contributed by atoms with Gasteiger partial charge in [-0.2, -0.15) is 0 Å². The third-order valence-corrected chi connectivity index (χ3v) is 6.67. The number of guanidine groups is 1. The molecule has 1 amide bonds. The molecular weight excluding hydrogens is 479 g/mol. The first-order valence-corrected chi connectivity index (χ1v) is 10.7. The van der Waals surface area contributed by atoms with Crippen molar-refractivity contribution in [2.45, 2.75) is 64.0 Å². The molecule has 2 aliphatic carbocycles. The number of benzene rings is 1. The summed E-state index contributed by atoms with van der Waals surface area (Å²) >= 11 is 0. The molecule has 0 bridgehead atoms. The van der Waals surface area contributed by atoms with Gasteiger partial charge in [-0.3, -0.25) is 9.79 Å². The molecule has 3 unspecified atom stereocenters. The van der Waals surface area contributed by atoms with E-state index in [0.29, 0.717) is 30.5 Å². The second kappa shape index (κ2) is 9.64. The van der Waals surface area contributed by atoms with Crippen molar-refractivity contribution in [3.8, 4) is 0 Å². The zero-order chi connectivity index (χ0) is 19.6. The topological polar surface area (TPSA) is 74.8 Å². The predicted octanol–water partition coefficient (Wildman–Crippen LogP) is 3.63. The first kappa shape index (κ1) is 22.3. The number of hydrogen-bond acceptors (Lipinski definition) is 3. The minimum atomic E-state index is 0. The van der Waals surface area contributed by atoms with E-state index in [1.807, 2.05) is 18.2 Å². The highest BCUT2D eigenvalue weighted by atomic mass is 127. The Hall–Kier alpha value is -1.35. The van der Waals surface area contributed by atoms with Gasteiger partial charge in [-0.1, -0.05) is 24.6 Å². The van der Waals surface area contributed by atoms with Crippen LogP contribution in [-0.4, -0.2) is 43.7 Å². The van der Waals surface area contributed by atoms with Crippen LogP contribution in [0.2, 0.25) is 0 Å². The molecule has 7 heteroatoms. The number of fused-ring (bicyclic) bond motifs is 1. The molecule has 0 saturated heterocycles. The summed E-state index contributed by atoms with van der Waals surface area (Å²) in [6.45, 7) is 6.38. The summed E-state index contributed by atoms with van der Waals surface area (Å²) < 4.78 is 5.97. The van der Waals surface area contributed by atoms with Gasteiger partial charge >= 0.3 is 0 Å². The van der Waals surface area contributed by atoms with Gasteiger partial charge < -0.3 is 20.7 Å². The molecule has 29 heavy (non-hydrogen) atoms. The van der Waals surface area contributed by atoms with E-state index in [9.17, 15) is 4.79 Å². The molecule has 1 spiro atoms. The minimum absolute atomic E-state index is 0. The molecule has 3 aliphatic rings. The number of amides is 1. The van der Waals surface area contributed by atoms with E-state index in [-0.39, 0.29) is 35.8 Å². The van der Waals surface area contributed by atoms with Crippen molar-refractivity contribution in [3.05, 3.63) is 29.8 Å². The average Bonchev–Trinajstić information content (AvgIpc) is 2.63. The molecule has 1 aliphatic heterocycles. The van der Waals surface area contributed by atoms with Crippen LogP contribution in [0.4, 0.5) is 5.69 Å². The Morgan fingerprint density at radius 2 is 2.10 bits per heavy atom. The van der Waals surface area contributed by atoms with E-state index in [1.165, 1.54) is 24.8 Å². The van der Waals surface area contributed by atoms with Crippen molar-refractivity contribution < 1.29 is 9.53 Å². The van der Waals surface area contributed by atoms with Crippen molar-refractivity contribution in [3.63, 3.8) is 0 Å². The summed E-state index contributed by atoms with van der Waals surface area (Å²) in [5, 5.41) is 10.0. The molecular formula is C22H33IN4O2. The Morgan fingerprint density at radius 3 is 2.79 bits per heavy atom. The van der Waals surface area contributed by atoms with Gasteiger partial charge in [0.2, 0.25) is 5.91 Å². The Kier molecular flexibility index (Phi) is 7.42. The number of rotatable bonds is 6. The molecule has 2 saturated carbocycles. The van der Waals surface area contributed by atoms with Crippen molar-refractivity contribution in [2.75, 3.05) is 25.0 Å². The number of hydrogen-bond donors (Lipinski definition) is 3. The van der Waals surface area contributed by atoms with Crippen molar-refractivity contribution in [1.82, 2.24) is 10.6 Å². The summed E-state index contributed by atoms with van der Waals surface area (Å²) in [4.78, 5) is 16.9. The van der Waals surface area contributed by atoms with Crippen LogP contribution in [0.5, 0.6) is 0 Å². The summed E-state index contributed by atoms with van der Waals surface area (Å²) in [6.07, 6.45) is 5.70. The molecule has 1 aromatic carbocycles. The van der Waals surface area contributed by atoms with Gasteiger partial charge in [-0.15, -0.1) is 24.0 Å². The van der Waals surface area contributed by atoms with E-state index in [0.717, 1.165) is 31.2 Å². The van der Waals surface area contributed by atoms with Crippen molar-refractivity contribution in [2.24, 2.45) is 10.4 Å². The number of aliphatic imine (C=N–C) groups is 1. The Balaban J connectivity index is 0.00000240. The van der Waals surface area contributed by atoms with Crippen LogP contribution in [0.15, 0.2) is 29.3 Å². The van der Waals surface area contributed by atoms with Crippen LogP contribution in [0, 0.1) is 5.41 Å². The van der Waals surface area contributed by atoms with Crippen LogP contribution in [0.1, 0.15) is 57.4 Å². The maximum absolute atomic E-state index is 12.1. The molecule has 1 heterocycles. The van der Waals surface area contributed by atoms with E-state index < -0.39 is 0 Å². The van der Waals surface area contributed by atoms with Crippen LogP contribution in [0.25, 0.3) is 0 Å². The van der Waals surface area contributed by atoms with Crippen LogP contribution >= 0.6 is 24.0 Å². The number of carbonyl (C=O) groups is 1. The van der Waals surface area contributed by atoms with E-state index in [1.54, 1.807) is 0 Å². The molecule has 3 N–H and O–H groups in total. The highest BCUT2D eigenvalue weighted by Gasteiger charge is 2.59. The fourth-order valence-corrected chi connectivity index (χ4v) is 4.99. The molecule has 1 aromatic rings. The summed E-state index contributed by atoms with van der Waals surface area (Å²) in [5.41, 5.74) is 2.39. The third kappa shape index (κ3) is 4.40. The van der Waals surface area contributed by atoms with Gasteiger partial charge in [0.15, 0.2) is 5.96 Å². The normalized spacial score (nSPS) is 27.0. The Morgan fingerprint density at radius 1 is 1.31 bits per heavy atom. The lowest BCUT2D eigenvalue weighted by Gasteiger charge is -2.61. The maximum atomic E-state index is 12.1. The van der Waals surface area contributed by atoms with Crippen molar-refractivity contribution >= 4 is 41.5 Å². The van der Waals surface area contributed by atoms with Crippen LogP contribution < -0.4 is 16.0 Å². The first-order chi connectivity index (χ1) is 13.7. The summed E-state index contributed by atoms with van der Waals surface area (Å²) in [5.74, 6) is 1.05. The zero-order valence-corrected chi connectivity index (χ0v) is 19.7. The Labute approximate surface area is 190 Å².